The summed E-state index contributed by atoms with van der Waals surface area (Å²) in [5.74, 6) is 0.289. The van der Waals surface area contributed by atoms with Crippen LogP contribution in [0, 0.1) is 4.91 Å². The van der Waals surface area contributed by atoms with Gasteiger partial charge < -0.3 is 5.32 Å². The zero-order valence-electron chi connectivity index (χ0n) is 17.7. The van der Waals surface area contributed by atoms with Gasteiger partial charge in [-0.25, -0.2) is 9.97 Å². The van der Waals surface area contributed by atoms with Crippen molar-refractivity contribution in [3.8, 4) is 11.3 Å². The minimum atomic E-state index is -0.169. The zero-order valence-corrected chi connectivity index (χ0v) is 19.3. The molecule has 1 heterocycles. The molecule has 4 rings (SSSR count). The van der Waals surface area contributed by atoms with Crippen LogP contribution < -0.4 is 5.32 Å². The summed E-state index contributed by atoms with van der Waals surface area (Å²) in [5.41, 5.74) is 5.49. The number of thioether (sulfide) groups is 1. The molecule has 3 aromatic rings. The van der Waals surface area contributed by atoms with E-state index < -0.39 is 0 Å². The molecule has 0 spiro atoms. The van der Waals surface area contributed by atoms with Crippen LogP contribution >= 0.6 is 23.4 Å². The van der Waals surface area contributed by atoms with E-state index in [2.05, 4.69) is 10.5 Å². The van der Waals surface area contributed by atoms with Crippen molar-refractivity contribution < 1.29 is 4.79 Å². The van der Waals surface area contributed by atoms with Gasteiger partial charge in [0.2, 0.25) is 5.91 Å². The molecule has 0 saturated heterocycles. The van der Waals surface area contributed by atoms with Crippen molar-refractivity contribution in [2.75, 3.05) is 11.6 Å². The molecule has 1 amide bonds. The predicted octanol–water partition coefficient (Wildman–Crippen LogP) is 6.20. The lowest BCUT2D eigenvalue weighted by atomic mass is 9.91. The molecule has 1 N–H and O–H groups in total. The van der Waals surface area contributed by atoms with Gasteiger partial charge in [0.25, 0.3) is 0 Å². The summed E-state index contributed by atoms with van der Waals surface area (Å²) in [6, 6.07) is 12.6. The molecule has 1 aliphatic rings. The molecule has 8 heteroatoms. The molecule has 0 bridgehead atoms. The second-order valence-corrected chi connectivity index (χ2v) is 8.64. The van der Waals surface area contributed by atoms with Crippen LogP contribution in [0.3, 0.4) is 0 Å². The Hall–Kier alpha value is -3.03. The molecule has 32 heavy (non-hydrogen) atoms. The highest BCUT2D eigenvalue weighted by Gasteiger charge is 2.24. The summed E-state index contributed by atoms with van der Waals surface area (Å²) in [5, 5.41) is 6.63. The number of halogens is 1. The van der Waals surface area contributed by atoms with E-state index in [1.807, 2.05) is 37.5 Å². The SMILES string of the molecule is C/C=C(\SC)c1nc2c(nc1NC(=O)Cc1ccc(Cl)cc1)CCc1cc(N=O)ccc1-2. The number of amides is 1. The molecule has 162 valence electrons. The van der Waals surface area contributed by atoms with Crippen LogP contribution in [0.5, 0.6) is 0 Å². The van der Waals surface area contributed by atoms with Gasteiger partial charge >= 0.3 is 0 Å². The Bertz CT molecular complexity index is 1230. The Morgan fingerprint density at radius 1 is 1.19 bits per heavy atom. The number of carbonyl (C=O) groups excluding carboxylic acids is 1. The minimum Gasteiger partial charge on any atom is -0.309 e. The van der Waals surface area contributed by atoms with Crippen LogP contribution in [0.25, 0.3) is 16.2 Å². The van der Waals surface area contributed by atoms with Crippen LogP contribution in [0.15, 0.2) is 53.7 Å². The fraction of sp³-hybridized carbons (Fsp3) is 0.208. The maximum absolute atomic E-state index is 12.8. The largest absolute Gasteiger partial charge is 0.309 e. The average molecular weight is 465 g/mol. The van der Waals surface area contributed by atoms with E-state index in [-0.39, 0.29) is 12.3 Å². The minimum absolute atomic E-state index is 0.169. The fourth-order valence-electron chi connectivity index (χ4n) is 3.76. The van der Waals surface area contributed by atoms with Crippen LogP contribution in [-0.2, 0) is 24.1 Å². The first kappa shape index (κ1) is 22.2. The van der Waals surface area contributed by atoms with Crippen molar-refractivity contribution in [2.45, 2.75) is 26.2 Å². The molecule has 2 aromatic carbocycles. The molecule has 0 fully saturated rings. The second kappa shape index (κ2) is 9.63. The van der Waals surface area contributed by atoms with Crippen LogP contribution in [0.1, 0.15) is 29.4 Å². The predicted molar refractivity (Wildman–Crippen MR) is 131 cm³/mol. The summed E-state index contributed by atoms with van der Waals surface area (Å²) in [4.78, 5) is 34.4. The van der Waals surface area contributed by atoms with Gasteiger partial charge in [0.1, 0.15) is 11.4 Å². The van der Waals surface area contributed by atoms with Crippen molar-refractivity contribution in [2.24, 2.45) is 5.18 Å². The number of hydrogen-bond acceptors (Lipinski definition) is 6. The monoisotopic (exact) mass is 464 g/mol. The van der Waals surface area contributed by atoms with E-state index >= 15 is 0 Å². The van der Waals surface area contributed by atoms with Gasteiger partial charge in [-0.05, 0) is 66.6 Å². The third-order valence-corrected chi connectivity index (χ3v) is 6.42. The number of nitroso groups, excluding NO2 is 1. The van der Waals surface area contributed by atoms with Crippen molar-refractivity contribution in [3.05, 3.63) is 81.0 Å². The number of carbonyl (C=O) groups is 1. The number of aryl methyl sites for hydroxylation is 2. The van der Waals surface area contributed by atoms with E-state index in [0.29, 0.717) is 28.6 Å². The smallest absolute Gasteiger partial charge is 0.230 e. The van der Waals surface area contributed by atoms with Crippen LogP contribution in [0.2, 0.25) is 5.02 Å². The van der Waals surface area contributed by atoms with Gasteiger partial charge in [0.05, 0.1) is 17.8 Å². The van der Waals surface area contributed by atoms with E-state index in [1.54, 1.807) is 36.0 Å². The fourth-order valence-corrected chi connectivity index (χ4v) is 4.46. The summed E-state index contributed by atoms with van der Waals surface area (Å²) < 4.78 is 0. The number of rotatable bonds is 6. The van der Waals surface area contributed by atoms with Gasteiger partial charge in [-0.15, -0.1) is 16.7 Å². The zero-order chi connectivity index (χ0) is 22.7. The molecule has 6 nitrogen and oxygen atoms in total. The van der Waals surface area contributed by atoms with Gasteiger partial charge in [0.15, 0.2) is 5.82 Å². The quantitative estimate of drug-likeness (QED) is 0.439. The third kappa shape index (κ3) is 4.59. The van der Waals surface area contributed by atoms with Crippen molar-refractivity contribution >= 4 is 45.7 Å². The number of hydrogen-bond donors (Lipinski definition) is 1. The van der Waals surface area contributed by atoms with E-state index in [0.717, 1.165) is 39.4 Å². The molecule has 0 atom stereocenters. The normalized spacial score (nSPS) is 12.7. The number of fused-ring (bicyclic) bond motifs is 3. The first-order valence-corrected chi connectivity index (χ1v) is 11.7. The average Bonchev–Trinajstić information content (AvgIpc) is 2.81. The van der Waals surface area contributed by atoms with Gasteiger partial charge in [-0.3, -0.25) is 4.79 Å². The summed E-state index contributed by atoms with van der Waals surface area (Å²) in [7, 11) is 0. The number of anilines is 1. The Balaban J connectivity index is 1.71. The highest BCUT2D eigenvalue weighted by atomic mass is 35.5. The highest BCUT2D eigenvalue weighted by Crippen LogP contribution is 2.37. The lowest BCUT2D eigenvalue weighted by Crippen LogP contribution is -2.19. The van der Waals surface area contributed by atoms with E-state index in [4.69, 9.17) is 21.6 Å². The lowest BCUT2D eigenvalue weighted by molar-refractivity contribution is -0.115. The first-order chi connectivity index (χ1) is 15.5. The topological polar surface area (TPSA) is 84.3 Å². The Morgan fingerprint density at radius 2 is 1.97 bits per heavy atom. The second-order valence-electron chi connectivity index (χ2n) is 7.36. The third-order valence-electron chi connectivity index (χ3n) is 5.30. The summed E-state index contributed by atoms with van der Waals surface area (Å²) >= 11 is 7.48. The molecule has 0 unspecified atom stereocenters. The van der Waals surface area contributed by atoms with Crippen molar-refractivity contribution in [3.63, 3.8) is 0 Å². The Labute approximate surface area is 195 Å². The maximum atomic E-state index is 12.8. The highest BCUT2D eigenvalue weighted by molar-refractivity contribution is 8.07. The van der Waals surface area contributed by atoms with Crippen molar-refractivity contribution in [1.82, 2.24) is 9.97 Å². The molecule has 1 aromatic heterocycles. The first-order valence-electron chi connectivity index (χ1n) is 10.1. The van der Waals surface area contributed by atoms with Crippen molar-refractivity contribution in [1.29, 1.82) is 0 Å². The molecule has 1 aliphatic carbocycles. The maximum Gasteiger partial charge on any atom is 0.230 e. The number of nitrogens with one attached hydrogen (secondary N) is 1. The Kier molecular flexibility index (Phi) is 6.67. The van der Waals surface area contributed by atoms with Crippen LogP contribution in [0.4, 0.5) is 11.5 Å². The molecular formula is C24H21ClN4O2S. The summed E-state index contributed by atoms with van der Waals surface area (Å²) in [6.07, 6.45) is 5.54. The van der Waals surface area contributed by atoms with Gasteiger partial charge in [-0.2, -0.15) is 0 Å². The van der Waals surface area contributed by atoms with Gasteiger partial charge in [0, 0.05) is 15.5 Å². The van der Waals surface area contributed by atoms with E-state index in [9.17, 15) is 9.70 Å². The van der Waals surface area contributed by atoms with Crippen LogP contribution in [-0.4, -0.2) is 22.1 Å². The molecule has 0 radical (unpaired) electrons. The Morgan fingerprint density at radius 3 is 2.66 bits per heavy atom. The number of aromatic nitrogens is 2. The number of allylic oxidation sites excluding steroid dienone is 1. The molecule has 0 aliphatic heterocycles. The van der Waals surface area contributed by atoms with E-state index in [1.165, 1.54) is 0 Å². The molecule has 0 saturated carbocycles. The lowest BCUT2D eigenvalue weighted by Gasteiger charge is -2.21. The number of benzene rings is 2. The van der Waals surface area contributed by atoms with Gasteiger partial charge in [-0.1, -0.05) is 35.9 Å². The summed E-state index contributed by atoms with van der Waals surface area (Å²) in [6.45, 7) is 1.93. The molecular weight excluding hydrogens is 444 g/mol. The standard InChI is InChI=1S/C24H21ClN4O2S/c1-3-20(32-2)23-24(27-21(30)12-14-4-7-16(25)8-5-14)26-19-11-6-15-13-17(29-31)9-10-18(15)22(19)28-23/h3-5,7-10,13H,6,11-12H2,1-2H3,(H,26,27,30)/b20-3-. The number of nitrogens with zero attached hydrogens (tertiary/aromatic N) is 3.